The first kappa shape index (κ1) is 14.9. The van der Waals surface area contributed by atoms with Crippen LogP contribution in [-0.2, 0) is 11.0 Å². The molecule has 0 unspecified atom stereocenters. The third kappa shape index (κ3) is 4.92. The van der Waals surface area contributed by atoms with E-state index >= 15 is 0 Å². The van der Waals surface area contributed by atoms with Gasteiger partial charge in [0, 0.05) is 25.5 Å². The zero-order valence-electron chi connectivity index (χ0n) is 10.1. The van der Waals surface area contributed by atoms with Crippen molar-refractivity contribution >= 4 is 5.91 Å². The highest BCUT2D eigenvalue weighted by Gasteiger charge is 2.33. The normalized spacial score (nSPS) is 10.5. The van der Waals surface area contributed by atoms with Crippen molar-refractivity contribution in [2.24, 2.45) is 0 Å². The number of hydrogen-bond acceptors (Lipinski definition) is 2. The lowest BCUT2D eigenvalue weighted by molar-refractivity contribution is -0.137. The van der Waals surface area contributed by atoms with E-state index in [9.17, 15) is 18.0 Å². The van der Waals surface area contributed by atoms with Gasteiger partial charge in [-0.3, -0.25) is 4.79 Å². The van der Waals surface area contributed by atoms with Crippen molar-refractivity contribution in [3.63, 3.8) is 0 Å². The van der Waals surface area contributed by atoms with Crippen LogP contribution >= 0.6 is 0 Å². The van der Waals surface area contributed by atoms with Crippen molar-refractivity contribution in [2.75, 3.05) is 6.54 Å². The van der Waals surface area contributed by atoms with Crippen LogP contribution in [0.4, 0.5) is 13.2 Å². The van der Waals surface area contributed by atoms with E-state index < -0.39 is 17.5 Å². The third-order valence-electron chi connectivity index (χ3n) is 2.16. The topological polar surface area (TPSA) is 49.3 Å². The lowest BCUT2D eigenvalue weighted by Crippen LogP contribution is -2.20. The molecule has 0 radical (unpaired) electrons. The van der Waals surface area contributed by atoms with Crippen molar-refractivity contribution in [3.05, 3.63) is 29.3 Å². The number of halogens is 3. The third-order valence-corrected chi connectivity index (χ3v) is 2.16. The Morgan fingerprint density at radius 3 is 2.68 bits per heavy atom. The van der Waals surface area contributed by atoms with Gasteiger partial charge in [0.25, 0.3) is 0 Å². The van der Waals surface area contributed by atoms with Gasteiger partial charge in [-0.1, -0.05) is 11.8 Å². The molecule has 1 rings (SSSR count). The Kier molecular flexibility index (Phi) is 4.81. The predicted octanol–water partition coefficient (Wildman–Crippen LogP) is 2.29. The van der Waals surface area contributed by atoms with Gasteiger partial charge in [0.15, 0.2) is 0 Å². The van der Waals surface area contributed by atoms with Gasteiger partial charge in [0.2, 0.25) is 5.91 Å². The first-order chi connectivity index (χ1) is 8.80. The highest BCUT2D eigenvalue weighted by atomic mass is 19.4. The minimum absolute atomic E-state index is 0.201. The molecule has 1 aromatic carbocycles. The first-order valence-corrected chi connectivity index (χ1v) is 5.44. The van der Waals surface area contributed by atoms with Crippen molar-refractivity contribution in [1.82, 2.24) is 5.32 Å². The number of alkyl halides is 3. The Morgan fingerprint density at radius 1 is 1.42 bits per heavy atom. The highest BCUT2D eigenvalue weighted by molar-refractivity contribution is 5.72. The molecule has 2 N–H and O–H groups in total. The van der Waals surface area contributed by atoms with Crippen molar-refractivity contribution in [2.45, 2.75) is 19.5 Å². The van der Waals surface area contributed by atoms with Gasteiger partial charge < -0.3 is 10.4 Å². The summed E-state index contributed by atoms with van der Waals surface area (Å²) >= 11 is 0. The first-order valence-electron chi connectivity index (χ1n) is 5.44. The molecular formula is C13H12F3NO2. The van der Waals surface area contributed by atoms with Gasteiger partial charge in [-0.15, -0.1) is 0 Å². The number of nitrogens with one attached hydrogen (secondary N) is 1. The van der Waals surface area contributed by atoms with Crippen molar-refractivity contribution in [1.29, 1.82) is 0 Å². The number of amides is 1. The lowest BCUT2D eigenvalue weighted by atomic mass is 10.1. The summed E-state index contributed by atoms with van der Waals surface area (Å²) < 4.78 is 38.0. The second-order valence-corrected chi connectivity index (χ2v) is 3.76. The minimum Gasteiger partial charge on any atom is -0.508 e. The van der Waals surface area contributed by atoms with Gasteiger partial charge in [-0.25, -0.2) is 0 Å². The van der Waals surface area contributed by atoms with E-state index in [4.69, 9.17) is 5.11 Å². The number of aromatic hydroxyl groups is 1. The van der Waals surface area contributed by atoms with E-state index in [1.807, 2.05) is 0 Å². The second kappa shape index (κ2) is 6.14. The highest BCUT2D eigenvalue weighted by Crippen LogP contribution is 2.33. The van der Waals surface area contributed by atoms with Gasteiger partial charge in [-0.05, 0) is 18.2 Å². The summed E-state index contributed by atoms with van der Waals surface area (Å²) in [5.41, 5.74) is -1.17. The van der Waals surface area contributed by atoms with E-state index in [0.29, 0.717) is 6.07 Å². The van der Waals surface area contributed by atoms with Crippen LogP contribution < -0.4 is 5.32 Å². The number of phenolic OH excluding ortho intramolecular Hbond substituents is 1. The number of carbonyl (C=O) groups excluding carboxylic acids is 1. The molecule has 0 atom stereocenters. The summed E-state index contributed by atoms with van der Waals surface area (Å²) in [6, 6.07) is 2.90. The minimum atomic E-state index is -4.57. The Balaban J connectivity index is 2.84. The van der Waals surface area contributed by atoms with Crippen molar-refractivity contribution < 1.29 is 23.1 Å². The average Bonchev–Trinajstić information content (AvgIpc) is 2.28. The maximum atomic E-state index is 12.7. The summed E-state index contributed by atoms with van der Waals surface area (Å²) in [6.07, 6.45) is -4.32. The van der Waals surface area contributed by atoms with E-state index in [0.717, 1.165) is 12.1 Å². The molecule has 0 heterocycles. The molecule has 0 spiro atoms. The smallest absolute Gasteiger partial charge is 0.417 e. The van der Waals surface area contributed by atoms with Crippen LogP contribution in [0.5, 0.6) is 5.75 Å². The van der Waals surface area contributed by atoms with Crippen LogP contribution in [0.25, 0.3) is 0 Å². The van der Waals surface area contributed by atoms with Gasteiger partial charge >= 0.3 is 6.18 Å². The molecule has 19 heavy (non-hydrogen) atoms. The van der Waals surface area contributed by atoms with Crippen LogP contribution in [0.15, 0.2) is 18.2 Å². The van der Waals surface area contributed by atoms with Gasteiger partial charge in [0.1, 0.15) is 5.75 Å². The van der Waals surface area contributed by atoms with Gasteiger partial charge in [0.05, 0.1) is 5.56 Å². The number of phenols is 1. The Morgan fingerprint density at radius 2 is 2.11 bits per heavy atom. The maximum Gasteiger partial charge on any atom is 0.417 e. The average molecular weight is 271 g/mol. The molecule has 1 amide bonds. The number of hydrogen-bond donors (Lipinski definition) is 2. The van der Waals surface area contributed by atoms with E-state index in [1.54, 1.807) is 0 Å². The van der Waals surface area contributed by atoms with Crippen LogP contribution in [0, 0.1) is 11.8 Å². The molecule has 0 bridgehead atoms. The fourth-order valence-electron chi connectivity index (χ4n) is 1.33. The monoisotopic (exact) mass is 271 g/mol. The lowest BCUT2D eigenvalue weighted by Gasteiger charge is -2.09. The van der Waals surface area contributed by atoms with Crippen molar-refractivity contribution in [3.8, 4) is 17.6 Å². The summed E-state index contributed by atoms with van der Waals surface area (Å²) in [5.74, 6) is 4.25. The fourth-order valence-corrected chi connectivity index (χ4v) is 1.33. The molecule has 0 saturated heterocycles. The Bertz CT molecular complexity index is 527. The number of rotatable bonds is 2. The van der Waals surface area contributed by atoms with Gasteiger partial charge in [-0.2, -0.15) is 13.2 Å². The molecule has 0 aliphatic heterocycles. The van der Waals surface area contributed by atoms with Crippen LogP contribution in [0.3, 0.4) is 0 Å². The SMILES string of the molecule is CC(=O)NCCC#Cc1ccc(O)cc1C(F)(F)F. The van der Waals surface area contributed by atoms with Crippen LogP contribution in [-0.4, -0.2) is 17.6 Å². The zero-order chi connectivity index (χ0) is 14.5. The molecule has 3 nitrogen and oxygen atoms in total. The fraction of sp³-hybridized carbons (Fsp3) is 0.308. The van der Waals surface area contributed by atoms with Crippen LogP contribution in [0.1, 0.15) is 24.5 Å². The molecule has 0 fully saturated rings. The summed E-state index contributed by atoms with van der Waals surface area (Å²) in [5, 5.41) is 11.6. The predicted molar refractivity (Wildman–Crippen MR) is 63.3 cm³/mol. The van der Waals surface area contributed by atoms with E-state index in [2.05, 4.69) is 17.2 Å². The maximum absolute atomic E-state index is 12.7. The molecular weight excluding hydrogens is 259 g/mol. The van der Waals surface area contributed by atoms with E-state index in [-0.39, 0.29) is 24.4 Å². The molecule has 0 aliphatic rings. The Hall–Kier alpha value is -2.16. The largest absolute Gasteiger partial charge is 0.508 e. The summed E-state index contributed by atoms with van der Waals surface area (Å²) in [7, 11) is 0. The standard InChI is InChI=1S/C13H12F3NO2/c1-9(18)17-7-3-2-4-10-5-6-11(19)8-12(10)13(14,15)16/h5-6,8,19H,3,7H2,1H3,(H,17,18). The Labute approximate surface area is 108 Å². The van der Waals surface area contributed by atoms with E-state index in [1.165, 1.54) is 6.92 Å². The summed E-state index contributed by atoms with van der Waals surface area (Å²) in [6.45, 7) is 1.62. The molecule has 0 saturated carbocycles. The summed E-state index contributed by atoms with van der Waals surface area (Å²) in [4.78, 5) is 10.6. The molecule has 6 heteroatoms. The molecule has 0 aliphatic carbocycles. The molecule has 102 valence electrons. The zero-order valence-corrected chi connectivity index (χ0v) is 10.1. The number of carbonyl (C=O) groups is 1. The van der Waals surface area contributed by atoms with Crippen LogP contribution in [0.2, 0.25) is 0 Å². The quantitative estimate of drug-likeness (QED) is 0.640. The molecule has 0 aromatic heterocycles. The molecule has 1 aromatic rings. The number of benzene rings is 1. The second-order valence-electron chi connectivity index (χ2n) is 3.76.